The maximum Gasteiger partial charge on any atom is 0.174 e. The molecule has 0 radical (unpaired) electrons. The van der Waals surface area contributed by atoms with Crippen LogP contribution in [0.2, 0.25) is 0 Å². The number of rotatable bonds is 2. The Morgan fingerprint density at radius 1 is 1.06 bits per heavy atom. The van der Waals surface area contributed by atoms with Crippen molar-refractivity contribution in [2.75, 3.05) is 6.54 Å². The standard InChI is InChI=1S/C11H11NO2.C2H6/c12-6-5-9-10(13)7-3-1-2-4-8(7)11(9)14;1-2/h1-4,9H,5-6,12H2;1-2H3. The molecule has 1 aromatic rings. The average Bonchev–Trinajstić information content (AvgIpc) is 2.58. The molecule has 0 aliphatic heterocycles. The monoisotopic (exact) mass is 219 g/mol. The van der Waals surface area contributed by atoms with E-state index in [1.54, 1.807) is 24.3 Å². The van der Waals surface area contributed by atoms with E-state index in [2.05, 4.69) is 0 Å². The van der Waals surface area contributed by atoms with Crippen LogP contribution in [0.4, 0.5) is 0 Å². The highest BCUT2D eigenvalue weighted by atomic mass is 16.2. The minimum absolute atomic E-state index is 0.0731. The quantitative estimate of drug-likeness (QED) is 0.774. The molecule has 1 aliphatic carbocycles. The number of ketones is 2. The normalized spacial score (nSPS) is 14.4. The van der Waals surface area contributed by atoms with Crippen molar-refractivity contribution >= 4 is 11.6 Å². The highest BCUT2D eigenvalue weighted by Crippen LogP contribution is 2.28. The topological polar surface area (TPSA) is 60.2 Å². The molecule has 2 rings (SSSR count). The number of carbonyl (C=O) groups excluding carboxylic acids is 2. The second-order valence-corrected chi connectivity index (χ2v) is 3.40. The van der Waals surface area contributed by atoms with E-state index in [0.29, 0.717) is 24.1 Å². The van der Waals surface area contributed by atoms with Crippen LogP contribution in [0.1, 0.15) is 41.0 Å². The third-order valence-corrected chi connectivity index (χ3v) is 2.55. The fraction of sp³-hybridized carbons (Fsp3) is 0.385. The smallest absolute Gasteiger partial charge is 0.174 e. The minimum Gasteiger partial charge on any atom is -0.330 e. The molecule has 16 heavy (non-hydrogen) atoms. The van der Waals surface area contributed by atoms with Crippen LogP contribution in [0, 0.1) is 5.92 Å². The number of carbonyl (C=O) groups is 2. The van der Waals surface area contributed by atoms with Gasteiger partial charge in [-0.25, -0.2) is 0 Å². The zero-order valence-electron chi connectivity index (χ0n) is 9.69. The molecular formula is C13H17NO2. The predicted molar refractivity (Wildman–Crippen MR) is 63.6 cm³/mol. The largest absolute Gasteiger partial charge is 0.330 e. The fourth-order valence-electron chi connectivity index (χ4n) is 1.84. The van der Waals surface area contributed by atoms with Crippen LogP contribution in [0.25, 0.3) is 0 Å². The molecule has 2 N–H and O–H groups in total. The summed E-state index contributed by atoms with van der Waals surface area (Å²) in [6.45, 7) is 4.37. The van der Waals surface area contributed by atoms with E-state index in [-0.39, 0.29) is 11.6 Å². The van der Waals surface area contributed by atoms with Gasteiger partial charge in [0.25, 0.3) is 0 Å². The van der Waals surface area contributed by atoms with E-state index in [1.807, 2.05) is 13.8 Å². The van der Waals surface area contributed by atoms with Crippen molar-refractivity contribution in [3.05, 3.63) is 35.4 Å². The number of fused-ring (bicyclic) bond motifs is 1. The molecule has 0 fully saturated rings. The van der Waals surface area contributed by atoms with Crippen LogP contribution in [0.15, 0.2) is 24.3 Å². The Morgan fingerprint density at radius 2 is 1.50 bits per heavy atom. The fourth-order valence-corrected chi connectivity index (χ4v) is 1.84. The molecule has 3 nitrogen and oxygen atoms in total. The number of hydrogen-bond donors (Lipinski definition) is 1. The van der Waals surface area contributed by atoms with E-state index in [1.165, 1.54) is 0 Å². The molecule has 0 unspecified atom stereocenters. The summed E-state index contributed by atoms with van der Waals surface area (Å²) < 4.78 is 0. The maximum atomic E-state index is 11.7. The molecular weight excluding hydrogens is 202 g/mol. The third kappa shape index (κ3) is 2.04. The van der Waals surface area contributed by atoms with Gasteiger partial charge in [0.05, 0.1) is 5.92 Å². The third-order valence-electron chi connectivity index (χ3n) is 2.55. The summed E-state index contributed by atoms with van der Waals surface area (Å²) in [5.41, 5.74) is 6.47. The molecule has 0 bridgehead atoms. The number of nitrogens with two attached hydrogens (primary N) is 1. The second kappa shape index (κ2) is 5.56. The van der Waals surface area contributed by atoms with Crippen molar-refractivity contribution < 1.29 is 9.59 Å². The summed E-state index contributed by atoms with van der Waals surface area (Å²) >= 11 is 0. The lowest BCUT2D eigenvalue weighted by atomic mass is 10.0. The van der Waals surface area contributed by atoms with Gasteiger partial charge in [-0.05, 0) is 13.0 Å². The van der Waals surface area contributed by atoms with Gasteiger partial charge in [-0.1, -0.05) is 38.1 Å². The summed E-state index contributed by atoms with van der Waals surface area (Å²) in [5.74, 6) is -0.676. The van der Waals surface area contributed by atoms with Crippen LogP contribution in [0.5, 0.6) is 0 Å². The van der Waals surface area contributed by atoms with Crippen molar-refractivity contribution in [1.29, 1.82) is 0 Å². The summed E-state index contributed by atoms with van der Waals surface area (Å²) in [4.78, 5) is 23.4. The van der Waals surface area contributed by atoms with Gasteiger partial charge in [0, 0.05) is 11.1 Å². The van der Waals surface area contributed by atoms with Gasteiger partial charge in [-0.2, -0.15) is 0 Å². The Hall–Kier alpha value is -1.48. The molecule has 0 spiro atoms. The maximum absolute atomic E-state index is 11.7. The SMILES string of the molecule is CC.NCCC1C(=O)c2ccccc2C1=O. The van der Waals surface area contributed by atoms with E-state index >= 15 is 0 Å². The van der Waals surface area contributed by atoms with Crippen LogP contribution < -0.4 is 5.73 Å². The van der Waals surface area contributed by atoms with E-state index in [0.717, 1.165) is 0 Å². The van der Waals surface area contributed by atoms with Crippen molar-refractivity contribution in [2.45, 2.75) is 20.3 Å². The molecule has 0 aromatic heterocycles. The number of Topliss-reactive ketones (excluding diaryl/α,β-unsaturated/α-hetero) is 2. The molecule has 3 heteroatoms. The van der Waals surface area contributed by atoms with Gasteiger partial charge < -0.3 is 5.73 Å². The summed E-state index contributed by atoms with van der Waals surface area (Å²) in [6.07, 6.45) is 0.451. The minimum atomic E-state index is -0.530. The lowest BCUT2D eigenvalue weighted by Crippen LogP contribution is -2.19. The van der Waals surface area contributed by atoms with Gasteiger partial charge in [0.1, 0.15) is 0 Å². The van der Waals surface area contributed by atoms with Gasteiger partial charge in [-0.15, -0.1) is 0 Å². The molecule has 0 heterocycles. The Kier molecular flexibility index (Phi) is 4.38. The average molecular weight is 219 g/mol. The van der Waals surface area contributed by atoms with Crippen LogP contribution >= 0.6 is 0 Å². The number of benzene rings is 1. The first-order valence-corrected chi connectivity index (χ1v) is 5.63. The summed E-state index contributed by atoms with van der Waals surface area (Å²) in [6, 6.07) is 6.95. The molecule has 0 amide bonds. The van der Waals surface area contributed by atoms with Gasteiger partial charge >= 0.3 is 0 Å². The summed E-state index contributed by atoms with van der Waals surface area (Å²) in [7, 11) is 0. The van der Waals surface area contributed by atoms with E-state index < -0.39 is 5.92 Å². The first-order valence-electron chi connectivity index (χ1n) is 5.63. The lowest BCUT2D eigenvalue weighted by Gasteiger charge is -2.02. The molecule has 0 saturated heterocycles. The molecule has 1 aliphatic rings. The predicted octanol–water partition coefficient (Wildman–Crippen LogP) is 2.06. The molecule has 0 saturated carbocycles. The van der Waals surface area contributed by atoms with Crippen molar-refractivity contribution in [3.63, 3.8) is 0 Å². The Balaban J connectivity index is 0.000000606. The highest BCUT2D eigenvalue weighted by molar-refractivity contribution is 6.26. The first-order chi connectivity index (χ1) is 7.75. The van der Waals surface area contributed by atoms with Crippen LogP contribution in [-0.4, -0.2) is 18.1 Å². The Morgan fingerprint density at radius 3 is 1.88 bits per heavy atom. The zero-order valence-corrected chi connectivity index (χ0v) is 9.69. The van der Waals surface area contributed by atoms with Gasteiger partial charge in [-0.3, -0.25) is 9.59 Å². The van der Waals surface area contributed by atoms with E-state index in [4.69, 9.17) is 5.73 Å². The summed E-state index contributed by atoms with van der Waals surface area (Å²) in [5, 5.41) is 0. The molecule has 1 aromatic carbocycles. The highest BCUT2D eigenvalue weighted by Gasteiger charge is 2.37. The second-order valence-electron chi connectivity index (χ2n) is 3.40. The zero-order chi connectivity index (χ0) is 12.1. The van der Waals surface area contributed by atoms with Crippen LogP contribution in [0.3, 0.4) is 0 Å². The van der Waals surface area contributed by atoms with Crippen LogP contribution in [-0.2, 0) is 0 Å². The van der Waals surface area contributed by atoms with Crippen molar-refractivity contribution in [2.24, 2.45) is 11.7 Å². The van der Waals surface area contributed by atoms with E-state index in [9.17, 15) is 9.59 Å². The molecule has 86 valence electrons. The molecule has 0 atom stereocenters. The first kappa shape index (κ1) is 12.6. The Bertz CT molecular complexity index is 364. The lowest BCUT2D eigenvalue weighted by molar-refractivity contribution is 0.0833. The van der Waals surface area contributed by atoms with Gasteiger partial charge in [0.15, 0.2) is 11.6 Å². The van der Waals surface area contributed by atoms with Gasteiger partial charge in [0.2, 0.25) is 0 Å². The number of hydrogen-bond acceptors (Lipinski definition) is 3. The van der Waals surface area contributed by atoms with Crippen molar-refractivity contribution in [1.82, 2.24) is 0 Å². The van der Waals surface area contributed by atoms with Crippen molar-refractivity contribution in [3.8, 4) is 0 Å². The Labute approximate surface area is 95.6 Å².